The number of benzene rings is 1. The van der Waals surface area contributed by atoms with Crippen LogP contribution in [0.4, 0.5) is 0 Å². The van der Waals surface area contributed by atoms with Crippen LogP contribution in [-0.4, -0.2) is 23.1 Å². The lowest BCUT2D eigenvalue weighted by Crippen LogP contribution is -2.12. The number of ether oxygens (including phenoxy) is 1. The molecule has 4 heteroatoms. The van der Waals surface area contributed by atoms with Gasteiger partial charge >= 0.3 is 11.9 Å². The summed E-state index contributed by atoms with van der Waals surface area (Å²) in [5.41, 5.74) is 2.30. The summed E-state index contributed by atoms with van der Waals surface area (Å²) in [5, 5.41) is 8.66. The van der Waals surface area contributed by atoms with Crippen molar-refractivity contribution >= 4 is 11.9 Å². The Hall–Kier alpha value is -1.84. The highest BCUT2D eigenvalue weighted by molar-refractivity contribution is 5.67. The van der Waals surface area contributed by atoms with Gasteiger partial charge in [-0.15, -0.1) is 0 Å². The van der Waals surface area contributed by atoms with Crippen LogP contribution in [0.3, 0.4) is 0 Å². The summed E-state index contributed by atoms with van der Waals surface area (Å²) in [5.74, 6) is -0.540. The van der Waals surface area contributed by atoms with Gasteiger partial charge in [0, 0.05) is 13.3 Å². The minimum absolute atomic E-state index is 0.0455. The Bertz CT molecular complexity index is 478. The highest BCUT2D eigenvalue weighted by atomic mass is 16.5. The van der Waals surface area contributed by atoms with Gasteiger partial charge in [0.2, 0.25) is 0 Å². The van der Waals surface area contributed by atoms with Gasteiger partial charge in [-0.1, -0.05) is 24.3 Å². The van der Waals surface area contributed by atoms with Crippen LogP contribution < -0.4 is 0 Å². The first-order valence-corrected chi connectivity index (χ1v) is 7.02. The second-order valence-electron chi connectivity index (χ2n) is 5.38. The first kappa shape index (κ1) is 14.6. The molecule has 1 aliphatic carbocycles. The van der Waals surface area contributed by atoms with Crippen LogP contribution >= 0.6 is 0 Å². The molecule has 1 aromatic rings. The molecule has 1 fully saturated rings. The van der Waals surface area contributed by atoms with E-state index >= 15 is 0 Å². The first-order chi connectivity index (χ1) is 9.54. The molecule has 0 radical (unpaired) electrons. The number of aryl methyl sites for hydroxylation is 1. The molecule has 0 spiro atoms. The largest absolute Gasteiger partial charge is 0.481 e. The molecule has 2 rings (SSSR count). The fraction of sp³-hybridized carbons (Fsp3) is 0.500. The molecule has 20 heavy (non-hydrogen) atoms. The van der Waals surface area contributed by atoms with Crippen LogP contribution in [0.1, 0.15) is 49.7 Å². The van der Waals surface area contributed by atoms with Crippen molar-refractivity contribution in [2.24, 2.45) is 0 Å². The fourth-order valence-corrected chi connectivity index (χ4v) is 2.79. The maximum absolute atomic E-state index is 10.9. The molecule has 2 unspecified atom stereocenters. The molecular weight excluding hydrogens is 256 g/mol. The molecule has 0 heterocycles. The molecule has 0 aromatic heterocycles. The number of carboxylic acid groups (broad SMARTS) is 1. The third-order valence-corrected chi connectivity index (χ3v) is 3.80. The second kappa shape index (κ2) is 6.55. The maximum atomic E-state index is 10.9. The lowest BCUT2D eigenvalue weighted by Gasteiger charge is -2.12. The summed E-state index contributed by atoms with van der Waals surface area (Å²) >= 11 is 0. The van der Waals surface area contributed by atoms with E-state index in [-0.39, 0.29) is 18.5 Å². The highest BCUT2D eigenvalue weighted by Crippen LogP contribution is 2.36. The Balaban J connectivity index is 1.90. The monoisotopic (exact) mass is 276 g/mol. The molecule has 0 bridgehead atoms. The average Bonchev–Trinajstić information content (AvgIpc) is 2.84. The van der Waals surface area contributed by atoms with Gasteiger partial charge in [0.05, 0.1) is 0 Å². The Labute approximate surface area is 118 Å². The van der Waals surface area contributed by atoms with E-state index in [4.69, 9.17) is 9.84 Å². The highest BCUT2D eigenvalue weighted by Gasteiger charge is 2.27. The van der Waals surface area contributed by atoms with Crippen molar-refractivity contribution in [3.8, 4) is 0 Å². The lowest BCUT2D eigenvalue weighted by molar-refractivity contribution is -0.146. The van der Waals surface area contributed by atoms with E-state index in [1.165, 1.54) is 12.5 Å². The van der Waals surface area contributed by atoms with Gasteiger partial charge in [-0.25, -0.2) is 0 Å². The summed E-state index contributed by atoms with van der Waals surface area (Å²) in [6, 6.07) is 8.13. The van der Waals surface area contributed by atoms with Crippen LogP contribution in [0.5, 0.6) is 0 Å². The van der Waals surface area contributed by atoms with Crippen molar-refractivity contribution < 1.29 is 19.4 Å². The third kappa shape index (κ3) is 4.08. The molecule has 108 valence electrons. The molecular formula is C16H20O4. The van der Waals surface area contributed by atoms with Gasteiger partial charge in [0.15, 0.2) is 0 Å². The Morgan fingerprint density at radius 3 is 2.55 bits per heavy atom. The zero-order valence-corrected chi connectivity index (χ0v) is 11.7. The van der Waals surface area contributed by atoms with E-state index in [1.54, 1.807) is 0 Å². The number of hydrogen-bond acceptors (Lipinski definition) is 3. The van der Waals surface area contributed by atoms with E-state index < -0.39 is 5.97 Å². The lowest BCUT2D eigenvalue weighted by atomic mass is 9.96. The zero-order chi connectivity index (χ0) is 14.5. The number of carbonyl (C=O) groups is 2. The second-order valence-corrected chi connectivity index (χ2v) is 5.38. The van der Waals surface area contributed by atoms with Crippen LogP contribution in [0.15, 0.2) is 24.3 Å². The van der Waals surface area contributed by atoms with Crippen molar-refractivity contribution in [3.63, 3.8) is 0 Å². The first-order valence-electron chi connectivity index (χ1n) is 7.02. The zero-order valence-electron chi connectivity index (χ0n) is 11.7. The van der Waals surface area contributed by atoms with E-state index in [9.17, 15) is 9.59 Å². The van der Waals surface area contributed by atoms with E-state index in [1.807, 2.05) is 12.1 Å². The van der Waals surface area contributed by atoms with Gasteiger partial charge in [-0.3, -0.25) is 9.59 Å². The van der Waals surface area contributed by atoms with Crippen molar-refractivity contribution in [1.82, 2.24) is 0 Å². The number of esters is 1. The number of rotatable bonds is 5. The molecule has 1 aromatic carbocycles. The van der Waals surface area contributed by atoms with E-state index in [0.29, 0.717) is 12.3 Å². The summed E-state index contributed by atoms with van der Waals surface area (Å²) in [6.07, 6.45) is 3.61. The van der Waals surface area contributed by atoms with E-state index in [2.05, 4.69) is 12.1 Å². The molecule has 1 aliphatic rings. The third-order valence-electron chi connectivity index (χ3n) is 3.80. The van der Waals surface area contributed by atoms with Crippen LogP contribution in [-0.2, 0) is 20.7 Å². The molecule has 1 N–H and O–H groups in total. The Morgan fingerprint density at radius 1 is 1.25 bits per heavy atom. The molecule has 0 amide bonds. The van der Waals surface area contributed by atoms with Crippen molar-refractivity contribution in [2.75, 3.05) is 0 Å². The minimum Gasteiger partial charge on any atom is -0.481 e. The van der Waals surface area contributed by atoms with Crippen LogP contribution in [0.25, 0.3) is 0 Å². The summed E-state index contributed by atoms with van der Waals surface area (Å²) in [6.45, 7) is 1.45. The van der Waals surface area contributed by atoms with Crippen molar-refractivity contribution in [3.05, 3.63) is 35.4 Å². The van der Waals surface area contributed by atoms with E-state index in [0.717, 1.165) is 24.8 Å². The fourth-order valence-electron chi connectivity index (χ4n) is 2.79. The summed E-state index contributed by atoms with van der Waals surface area (Å²) < 4.78 is 5.25. The molecule has 0 aliphatic heterocycles. The van der Waals surface area contributed by atoms with Gasteiger partial charge in [0.1, 0.15) is 6.10 Å². The predicted molar refractivity (Wildman–Crippen MR) is 74.5 cm³/mol. The average molecular weight is 276 g/mol. The SMILES string of the molecule is CC(=O)OC1CCC(c2ccc(CCC(=O)O)cc2)C1. The van der Waals surface area contributed by atoms with Gasteiger partial charge < -0.3 is 9.84 Å². The van der Waals surface area contributed by atoms with Crippen molar-refractivity contribution in [1.29, 1.82) is 0 Å². The smallest absolute Gasteiger partial charge is 0.303 e. The quantitative estimate of drug-likeness (QED) is 0.840. The molecule has 4 nitrogen and oxygen atoms in total. The number of hydrogen-bond donors (Lipinski definition) is 1. The van der Waals surface area contributed by atoms with Crippen molar-refractivity contribution in [2.45, 2.75) is 51.0 Å². The standard InChI is InChI=1S/C16H20O4/c1-11(17)20-15-8-7-14(10-15)13-5-2-12(3-6-13)4-9-16(18)19/h2-3,5-6,14-15H,4,7-10H2,1H3,(H,18,19). The Morgan fingerprint density at radius 2 is 1.95 bits per heavy atom. The van der Waals surface area contributed by atoms with Crippen LogP contribution in [0.2, 0.25) is 0 Å². The minimum atomic E-state index is -0.769. The number of carbonyl (C=O) groups excluding carboxylic acids is 1. The van der Waals surface area contributed by atoms with Gasteiger partial charge in [0.25, 0.3) is 0 Å². The molecule has 1 saturated carbocycles. The number of carboxylic acids is 1. The number of aliphatic carboxylic acids is 1. The predicted octanol–water partition coefficient (Wildman–Crippen LogP) is 2.90. The van der Waals surface area contributed by atoms with Crippen LogP contribution in [0, 0.1) is 0 Å². The molecule has 2 atom stereocenters. The van der Waals surface area contributed by atoms with Gasteiger partial charge in [-0.2, -0.15) is 0 Å². The summed E-state index contributed by atoms with van der Waals surface area (Å²) in [7, 11) is 0. The topological polar surface area (TPSA) is 63.6 Å². The maximum Gasteiger partial charge on any atom is 0.303 e. The van der Waals surface area contributed by atoms with Gasteiger partial charge in [-0.05, 0) is 42.7 Å². The summed E-state index contributed by atoms with van der Waals surface area (Å²) in [4.78, 5) is 21.5. The normalized spacial score (nSPS) is 21.6. The Kier molecular flexibility index (Phi) is 4.77. The molecule has 0 saturated heterocycles.